The Balaban J connectivity index is 1.40. The molecular formula is C20H24N6OS. The summed E-state index contributed by atoms with van der Waals surface area (Å²) in [4.78, 5) is 18.1. The summed E-state index contributed by atoms with van der Waals surface area (Å²) in [5.74, 6) is 0.423. The predicted octanol–water partition coefficient (Wildman–Crippen LogP) is 2.99. The smallest absolute Gasteiger partial charge is 0.232 e. The summed E-state index contributed by atoms with van der Waals surface area (Å²) in [5, 5.41) is 15.3. The van der Waals surface area contributed by atoms with E-state index in [1.807, 2.05) is 44.3 Å². The summed E-state index contributed by atoms with van der Waals surface area (Å²) in [6.07, 6.45) is 4.32. The Hall–Kier alpha value is -2.58. The van der Waals surface area contributed by atoms with E-state index in [4.69, 9.17) is 0 Å². The van der Waals surface area contributed by atoms with Gasteiger partial charge in [-0.05, 0) is 57.8 Å². The number of rotatable bonds is 5. The van der Waals surface area contributed by atoms with Crippen molar-refractivity contribution in [2.45, 2.75) is 39.0 Å². The number of piperidine rings is 1. The molecule has 1 fully saturated rings. The Morgan fingerprint density at radius 1 is 1.25 bits per heavy atom. The van der Waals surface area contributed by atoms with Gasteiger partial charge in [0.25, 0.3) is 0 Å². The second-order valence-corrected chi connectivity index (χ2v) is 8.25. The molecule has 0 spiro atoms. The van der Waals surface area contributed by atoms with Crippen molar-refractivity contribution >= 4 is 22.4 Å². The molecule has 2 N–H and O–H groups in total. The molecule has 1 aliphatic rings. The molecule has 1 aromatic carbocycles. The quantitative estimate of drug-likeness (QED) is 0.693. The van der Waals surface area contributed by atoms with E-state index in [2.05, 4.69) is 25.9 Å². The van der Waals surface area contributed by atoms with Gasteiger partial charge < -0.3 is 10.6 Å². The first-order valence-electron chi connectivity index (χ1n) is 9.54. The topological polar surface area (TPSA) is 84.7 Å². The van der Waals surface area contributed by atoms with Crippen LogP contribution in [0.4, 0.5) is 5.13 Å². The van der Waals surface area contributed by atoms with Crippen molar-refractivity contribution in [3.63, 3.8) is 0 Å². The van der Waals surface area contributed by atoms with Crippen LogP contribution < -0.4 is 10.6 Å². The molecule has 7 nitrogen and oxygen atoms in total. The number of hydrogen-bond donors (Lipinski definition) is 2. The molecule has 0 atom stereocenters. The van der Waals surface area contributed by atoms with Gasteiger partial charge in [-0.3, -0.25) is 4.79 Å². The number of anilines is 1. The lowest BCUT2D eigenvalue weighted by Crippen LogP contribution is -2.26. The Morgan fingerprint density at radius 2 is 2.00 bits per heavy atom. The molecule has 0 bridgehead atoms. The number of nitrogens with one attached hydrogen (secondary N) is 2. The molecule has 0 saturated carbocycles. The summed E-state index contributed by atoms with van der Waals surface area (Å²) in [7, 11) is 0. The Morgan fingerprint density at radius 3 is 2.75 bits per heavy atom. The fraction of sp³-hybridized carbons (Fsp3) is 0.400. The molecule has 28 heavy (non-hydrogen) atoms. The number of carbonyl (C=O) groups excluding carboxylic acids is 1. The molecule has 0 radical (unpaired) electrons. The third-order valence-corrected chi connectivity index (χ3v) is 6.18. The zero-order valence-electron chi connectivity index (χ0n) is 16.1. The molecule has 8 heteroatoms. The van der Waals surface area contributed by atoms with E-state index in [1.165, 1.54) is 10.4 Å². The maximum absolute atomic E-state index is 12.5. The van der Waals surface area contributed by atoms with Crippen molar-refractivity contribution in [1.82, 2.24) is 25.3 Å². The maximum Gasteiger partial charge on any atom is 0.232 e. The van der Waals surface area contributed by atoms with Gasteiger partial charge in [0.05, 0.1) is 23.5 Å². The van der Waals surface area contributed by atoms with Gasteiger partial charge in [-0.25, -0.2) is 9.67 Å². The average Bonchev–Trinajstić information content (AvgIpc) is 3.31. The molecule has 1 amide bonds. The number of nitrogens with zero attached hydrogens (tertiary/aromatic N) is 4. The van der Waals surface area contributed by atoms with Crippen LogP contribution >= 0.6 is 11.3 Å². The minimum Gasteiger partial charge on any atom is -0.317 e. The molecule has 146 valence electrons. The van der Waals surface area contributed by atoms with Crippen LogP contribution in [0.1, 0.15) is 40.6 Å². The number of amides is 1. The molecule has 1 aliphatic heterocycles. The molecule has 4 rings (SSSR count). The van der Waals surface area contributed by atoms with Gasteiger partial charge in [0.2, 0.25) is 5.91 Å². The highest BCUT2D eigenvalue weighted by atomic mass is 32.1. The third-order valence-electron chi connectivity index (χ3n) is 5.11. The summed E-state index contributed by atoms with van der Waals surface area (Å²) >= 11 is 1.57. The molecule has 1 saturated heterocycles. The van der Waals surface area contributed by atoms with E-state index < -0.39 is 0 Å². The molecule has 0 aliphatic carbocycles. The zero-order chi connectivity index (χ0) is 19.5. The van der Waals surface area contributed by atoms with Gasteiger partial charge in [0, 0.05) is 11.1 Å². The number of thiazole rings is 1. The van der Waals surface area contributed by atoms with E-state index in [0.717, 1.165) is 37.3 Å². The van der Waals surface area contributed by atoms with Crippen LogP contribution in [0.25, 0.3) is 5.69 Å². The third kappa shape index (κ3) is 4.13. The lowest BCUT2D eigenvalue weighted by atomic mass is 9.97. The second-order valence-electron chi connectivity index (χ2n) is 7.19. The van der Waals surface area contributed by atoms with E-state index in [1.54, 1.807) is 16.0 Å². The van der Waals surface area contributed by atoms with Crippen molar-refractivity contribution in [3.8, 4) is 5.69 Å². The van der Waals surface area contributed by atoms with Crippen molar-refractivity contribution in [3.05, 3.63) is 52.3 Å². The average molecular weight is 397 g/mol. The summed E-state index contributed by atoms with van der Waals surface area (Å²) in [6, 6.07) is 8.06. The molecule has 0 unspecified atom stereocenters. The summed E-state index contributed by atoms with van der Waals surface area (Å²) < 4.78 is 1.76. The van der Waals surface area contributed by atoms with E-state index in [-0.39, 0.29) is 12.3 Å². The van der Waals surface area contributed by atoms with Crippen LogP contribution in [-0.2, 0) is 11.2 Å². The summed E-state index contributed by atoms with van der Waals surface area (Å²) in [5.41, 5.74) is 3.67. The highest BCUT2D eigenvalue weighted by molar-refractivity contribution is 7.15. The van der Waals surface area contributed by atoms with Gasteiger partial charge in [-0.1, -0.05) is 22.9 Å². The number of aromatic nitrogens is 4. The Kier molecular flexibility index (Phi) is 5.50. The fourth-order valence-corrected chi connectivity index (χ4v) is 4.41. The van der Waals surface area contributed by atoms with Gasteiger partial charge in [0.1, 0.15) is 0 Å². The van der Waals surface area contributed by atoms with Gasteiger partial charge in [0.15, 0.2) is 5.13 Å². The number of aryl methyl sites for hydroxylation is 1. The van der Waals surface area contributed by atoms with Crippen LogP contribution in [-0.4, -0.2) is 39.0 Å². The molecule has 3 aromatic rings. The van der Waals surface area contributed by atoms with E-state index in [9.17, 15) is 4.79 Å². The van der Waals surface area contributed by atoms with Crippen molar-refractivity contribution in [2.75, 3.05) is 18.4 Å². The monoisotopic (exact) mass is 396 g/mol. The standard InChI is InChI=1S/C20H24N6OS/c1-13-3-5-16(6-4-13)26-14(2)17(24-25-26)11-19(27)23-20-22-12-18(28-20)15-7-9-21-10-8-15/h3-6,12,15,21H,7-11H2,1-2H3,(H,22,23,27). The minimum absolute atomic E-state index is 0.120. The first-order valence-corrected chi connectivity index (χ1v) is 10.4. The number of hydrogen-bond acceptors (Lipinski definition) is 6. The van der Waals surface area contributed by atoms with Crippen LogP contribution in [0, 0.1) is 13.8 Å². The Labute approximate surface area is 168 Å². The normalized spacial score (nSPS) is 14.9. The summed E-state index contributed by atoms with van der Waals surface area (Å²) in [6.45, 7) is 6.06. The first-order chi connectivity index (χ1) is 13.6. The molecule has 2 aromatic heterocycles. The van der Waals surface area contributed by atoms with Crippen molar-refractivity contribution in [1.29, 1.82) is 0 Å². The van der Waals surface area contributed by atoms with Crippen LogP contribution in [0.15, 0.2) is 30.5 Å². The van der Waals surface area contributed by atoms with E-state index in [0.29, 0.717) is 16.7 Å². The number of benzene rings is 1. The molecule has 3 heterocycles. The van der Waals surface area contributed by atoms with Gasteiger partial charge in [-0.15, -0.1) is 16.4 Å². The van der Waals surface area contributed by atoms with Gasteiger partial charge in [-0.2, -0.15) is 0 Å². The SMILES string of the molecule is Cc1ccc(-n2nnc(CC(=O)Nc3ncc(C4CCNCC4)s3)c2C)cc1. The minimum atomic E-state index is -0.120. The highest BCUT2D eigenvalue weighted by Crippen LogP contribution is 2.31. The number of carbonyl (C=O) groups is 1. The first kappa shape index (κ1) is 18.8. The van der Waals surface area contributed by atoms with Crippen molar-refractivity contribution in [2.24, 2.45) is 0 Å². The second kappa shape index (κ2) is 8.20. The zero-order valence-corrected chi connectivity index (χ0v) is 16.9. The maximum atomic E-state index is 12.5. The fourth-order valence-electron chi connectivity index (χ4n) is 3.41. The Bertz CT molecular complexity index is 955. The van der Waals surface area contributed by atoms with Gasteiger partial charge >= 0.3 is 0 Å². The van der Waals surface area contributed by atoms with E-state index >= 15 is 0 Å². The predicted molar refractivity (Wildman–Crippen MR) is 110 cm³/mol. The highest BCUT2D eigenvalue weighted by Gasteiger charge is 2.19. The molecular weight excluding hydrogens is 372 g/mol. The lowest BCUT2D eigenvalue weighted by molar-refractivity contribution is -0.115. The van der Waals surface area contributed by atoms with Crippen LogP contribution in [0.5, 0.6) is 0 Å². The largest absolute Gasteiger partial charge is 0.317 e. The van der Waals surface area contributed by atoms with Crippen LogP contribution in [0.3, 0.4) is 0 Å². The van der Waals surface area contributed by atoms with Crippen molar-refractivity contribution < 1.29 is 4.79 Å². The lowest BCUT2D eigenvalue weighted by Gasteiger charge is -2.20. The van der Waals surface area contributed by atoms with Crippen LogP contribution in [0.2, 0.25) is 0 Å².